The van der Waals surface area contributed by atoms with Gasteiger partial charge in [0.2, 0.25) is 0 Å². The molecular formula is C33H32FN7O2S. The van der Waals surface area contributed by atoms with Crippen LogP contribution < -0.4 is 15.4 Å². The molecule has 2 aliphatic rings. The van der Waals surface area contributed by atoms with Crippen LogP contribution in [0.5, 0.6) is 11.5 Å². The summed E-state index contributed by atoms with van der Waals surface area (Å²) in [5, 5.41) is 5.49. The van der Waals surface area contributed by atoms with Crippen molar-refractivity contribution in [2.24, 2.45) is 0 Å². The minimum Gasteiger partial charge on any atom is -0.453 e. The number of benzene rings is 1. The molecule has 4 aromatic heterocycles. The van der Waals surface area contributed by atoms with Crippen LogP contribution >= 0.6 is 11.3 Å². The normalized spacial score (nSPS) is 15.8. The first-order chi connectivity index (χ1) is 21.6. The molecule has 1 saturated heterocycles. The summed E-state index contributed by atoms with van der Waals surface area (Å²) < 4.78 is 21.7. The van der Waals surface area contributed by atoms with Crippen LogP contribution in [0, 0.1) is 5.82 Å². The summed E-state index contributed by atoms with van der Waals surface area (Å²) in [6, 6.07) is 18.2. The van der Waals surface area contributed by atoms with Gasteiger partial charge in [-0.05, 0) is 54.8 Å². The molecule has 1 aromatic carbocycles. The largest absolute Gasteiger partial charge is 0.453 e. The van der Waals surface area contributed by atoms with E-state index in [0.717, 1.165) is 78.6 Å². The lowest BCUT2D eigenvalue weighted by Crippen LogP contribution is -2.45. The number of anilines is 1. The Morgan fingerprint density at radius 3 is 2.48 bits per heavy atom. The Morgan fingerprint density at radius 1 is 0.909 bits per heavy atom. The average molecular weight is 610 g/mol. The molecular weight excluding hydrogens is 577 g/mol. The van der Waals surface area contributed by atoms with E-state index in [2.05, 4.69) is 42.5 Å². The minimum atomic E-state index is -0.567. The third kappa shape index (κ3) is 6.85. The van der Waals surface area contributed by atoms with Crippen LogP contribution in [0.2, 0.25) is 0 Å². The number of carbonyl (C=O) groups excluding carboxylic acids is 1. The number of piperazine rings is 1. The number of nitrogens with zero attached hydrogens (tertiary/aromatic N) is 5. The number of thiophene rings is 1. The SMILES string of the molecule is O=C(Nc1ccc(Oc2ccnc3cc(-c4ccc(CN5CCN(Cc6ccccn6)CC5)cn4)sc23)c(F)c1)NC1CC1. The zero-order valence-electron chi connectivity index (χ0n) is 24.1. The van der Waals surface area contributed by atoms with Crippen molar-refractivity contribution in [2.75, 3.05) is 31.5 Å². The van der Waals surface area contributed by atoms with E-state index >= 15 is 0 Å². The Labute approximate surface area is 258 Å². The van der Waals surface area contributed by atoms with E-state index in [1.54, 1.807) is 18.3 Å². The fourth-order valence-corrected chi connectivity index (χ4v) is 6.27. The quantitative estimate of drug-likeness (QED) is 0.203. The van der Waals surface area contributed by atoms with E-state index in [9.17, 15) is 9.18 Å². The van der Waals surface area contributed by atoms with Gasteiger partial charge in [-0.25, -0.2) is 9.18 Å². The lowest BCUT2D eigenvalue weighted by Gasteiger charge is -2.34. The number of aromatic nitrogens is 3. The lowest BCUT2D eigenvalue weighted by atomic mass is 10.2. The van der Waals surface area contributed by atoms with Gasteiger partial charge in [-0.15, -0.1) is 11.3 Å². The summed E-state index contributed by atoms with van der Waals surface area (Å²) >= 11 is 1.51. The molecule has 0 atom stereocenters. The van der Waals surface area contributed by atoms with Crippen molar-refractivity contribution in [2.45, 2.75) is 32.0 Å². The van der Waals surface area contributed by atoms with Crippen LogP contribution in [-0.2, 0) is 13.1 Å². The van der Waals surface area contributed by atoms with Gasteiger partial charge in [-0.1, -0.05) is 12.1 Å². The van der Waals surface area contributed by atoms with E-state index in [1.807, 2.05) is 36.7 Å². The third-order valence-corrected chi connectivity index (χ3v) is 8.92. The number of nitrogens with one attached hydrogen (secondary N) is 2. The fraction of sp³-hybridized carbons (Fsp3) is 0.273. The van der Waals surface area contributed by atoms with Crippen LogP contribution in [0.1, 0.15) is 24.1 Å². The highest BCUT2D eigenvalue weighted by molar-refractivity contribution is 7.22. The zero-order chi connectivity index (χ0) is 29.9. The smallest absolute Gasteiger partial charge is 0.319 e. The lowest BCUT2D eigenvalue weighted by molar-refractivity contribution is 0.121. The number of pyridine rings is 3. The molecule has 1 aliphatic carbocycles. The predicted molar refractivity (Wildman–Crippen MR) is 169 cm³/mol. The molecule has 1 aliphatic heterocycles. The van der Waals surface area contributed by atoms with Gasteiger partial charge in [0.05, 0.1) is 26.5 Å². The van der Waals surface area contributed by atoms with Crippen LogP contribution in [0.15, 0.2) is 79.3 Å². The van der Waals surface area contributed by atoms with Gasteiger partial charge in [0.1, 0.15) is 5.75 Å². The van der Waals surface area contributed by atoms with Gasteiger partial charge in [-0.3, -0.25) is 24.8 Å². The Hall–Kier alpha value is -4.45. The number of hydrogen-bond donors (Lipinski definition) is 2. The Balaban J connectivity index is 0.977. The second-order valence-corrected chi connectivity index (χ2v) is 12.2. The second kappa shape index (κ2) is 12.7. The molecule has 2 amide bonds. The second-order valence-electron chi connectivity index (χ2n) is 11.2. The van der Waals surface area contributed by atoms with Crippen LogP contribution in [0.25, 0.3) is 20.8 Å². The predicted octanol–water partition coefficient (Wildman–Crippen LogP) is 6.29. The van der Waals surface area contributed by atoms with E-state index in [4.69, 9.17) is 9.72 Å². The molecule has 224 valence electrons. The molecule has 0 radical (unpaired) electrons. The maximum atomic E-state index is 14.9. The first-order valence-electron chi connectivity index (χ1n) is 14.8. The molecule has 0 unspecified atom stereocenters. The van der Waals surface area contributed by atoms with E-state index < -0.39 is 5.82 Å². The van der Waals surface area contributed by atoms with Gasteiger partial charge in [-0.2, -0.15) is 0 Å². The van der Waals surface area contributed by atoms with Crippen LogP contribution in [0.3, 0.4) is 0 Å². The first-order valence-corrected chi connectivity index (χ1v) is 15.6. The zero-order valence-corrected chi connectivity index (χ0v) is 24.9. The summed E-state index contributed by atoms with van der Waals surface area (Å²) in [5.41, 5.74) is 4.26. The van der Waals surface area contributed by atoms with Crippen molar-refractivity contribution in [1.29, 1.82) is 0 Å². The standard InChI is InChI=1S/C33H32FN7O2S/c34-26-17-24(39-33(42)38-23-5-6-23)7-9-29(26)43-30-10-12-36-28-18-31(44-32(28)30)27-8-4-22(19-37-27)20-40-13-15-41(16-14-40)21-25-3-1-2-11-35-25/h1-4,7-12,17-19,23H,5-6,13-16,20-21H2,(H2,38,39,42). The topological polar surface area (TPSA) is 95.5 Å². The number of hydrogen-bond acceptors (Lipinski definition) is 8. The average Bonchev–Trinajstić information content (AvgIpc) is 3.74. The van der Waals surface area contributed by atoms with Crippen LogP contribution in [-0.4, -0.2) is 63.0 Å². The van der Waals surface area contributed by atoms with E-state index in [0.29, 0.717) is 11.4 Å². The summed E-state index contributed by atoms with van der Waals surface area (Å²) in [7, 11) is 0. The Kier molecular flexibility index (Phi) is 8.14. The van der Waals surface area contributed by atoms with Gasteiger partial charge < -0.3 is 15.4 Å². The number of ether oxygens (including phenoxy) is 1. The minimum absolute atomic E-state index is 0.0700. The number of urea groups is 1. The number of amides is 2. The molecule has 9 nitrogen and oxygen atoms in total. The highest BCUT2D eigenvalue weighted by Gasteiger charge is 2.23. The maximum absolute atomic E-state index is 14.9. The van der Waals surface area contributed by atoms with E-state index in [1.165, 1.54) is 29.0 Å². The summed E-state index contributed by atoms with van der Waals surface area (Å²) in [6.45, 7) is 5.81. The van der Waals surface area contributed by atoms with Crippen molar-refractivity contribution in [3.8, 4) is 22.1 Å². The van der Waals surface area contributed by atoms with Gasteiger partial charge in [0.25, 0.3) is 0 Å². The van der Waals surface area contributed by atoms with Crippen molar-refractivity contribution < 1.29 is 13.9 Å². The van der Waals surface area contributed by atoms with E-state index in [-0.39, 0.29) is 17.8 Å². The molecule has 44 heavy (non-hydrogen) atoms. The fourth-order valence-electron chi connectivity index (χ4n) is 5.23. The molecule has 11 heteroatoms. The van der Waals surface area contributed by atoms with Gasteiger partial charge >= 0.3 is 6.03 Å². The monoisotopic (exact) mass is 609 g/mol. The summed E-state index contributed by atoms with van der Waals surface area (Å²) in [6.07, 6.45) is 7.40. The molecule has 0 spiro atoms. The highest BCUT2D eigenvalue weighted by Crippen LogP contribution is 2.39. The summed E-state index contributed by atoms with van der Waals surface area (Å²) in [5.74, 6) is 0.0135. The molecule has 7 rings (SSSR count). The third-order valence-electron chi connectivity index (χ3n) is 7.76. The number of fused-ring (bicyclic) bond motifs is 1. The molecule has 0 bridgehead atoms. The van der Waals surface area contributed by atoms with Crippen LogP contribution in [0.4, 0.5) is 14.9 Å². The summed E-state index contributed by atoms with van der Waals surface area (Å²) in [4.78, 5) is 31.6. The molecule has 2 fully saturated rings. The molecule has 1 saturated carbocycles. The Morgan fingerprint density at radius 2 is 1.75 bits per heavy atom. The maximum Gasteiger partial charge on any atom is 0.319 e. The highest BCUT2D eigenvalue weighted by atomic mass is 32.1. The number of halogens is 1. The van der Waals surface area contributed by atoms with Gasteiger partial charge in [0.15, 0.2) is 11.6 Å². The number of rotatable bonds is 9. The molecule has 5 heterocycles. The first kappa shape index (κ1) is 28.3. The van der Waals surface area contributed by atoms with Gasteiger partial charge in [0, 0.05) is 81.7 Å². The number of carbonyl (C=O) groups is 1. The van der Waals surface area contributed by atoms with Crippen molar-refractivity contribution in [3.63, 3.8) is 0 Å². The Bertz CT molecular complexity index is 1750. The molecule has 5 aromatic rings. The molecule has 2 N–H and O–H groups in total. The van der Waals surface area contributed by atoms with Crippen molar-refractivity contribution in [3.05, 3.63) is 96.3 Å². The van der Waals surface area contributed by atoms with Crippen molar-refractivity contribution in [1.82, 2.24) is 30.1 Å². The van der Waals surface area contributed by atoms with Crippen molar-refractivity contribution >= 4 is 33.3 Å².